The highest BCUT2D eigenvalue weighted by molar-refractivity contribution is 9.10. The Morgan fingerprint density at radius 2 is 1.81 bits per heavy atom. The predicted octanol–water partition coefficient (Wildman–Crippen LogP) is 4.64. The van der Waals surface area contributed by atoms with Gasteiger partial charge in [0.15, 0.2) is 5.78 Å². The van der Waals surface area contributed by atoms with Gasteiger partial charge in [0.1, 0.15) is 0 Å². The molecule has 0 spiro atoms. The summed E-state index contributed by atoms with van der Waals surface area (Å²) < 4.78 is 32.1. The van der Waals surface area contributed by atoms with E-state index in [0.29, 0.717) is 30.6 Å². The van der Waals surface area contributed by atoms with Gasteiger partial charge in [-0.25, -0.2) is 0 Å². The number of fused-ring (bicyclic) bond motifs is 5. The van der Waals surface area contributed by atoms with Gasteiger partial charge in [0, 0.05) is 16.3 Å². The molecule has 0 aliphatic heterocycles. The van der Waals surface area contributed by atoms with Gasteiger partial charge < -0.3 is 5.11 Å². The molecule has 5 nitrogen and oxygen atoms in total. The van der Waals surface area contributed by atoms with Crippen molar-refractivity contribution in [2.24, 2.45) is 29.1 Å². The summed E-state index contributed by atoms with van der Waals surface area (Å²) in [6, 6.07) is 6.45. The fraction of sp³-hybridized carbons (Fsp3) is 0.625. The highest BCUT2D eigenvalue weighted by atomic mass is 79.9. The van der Waals surface area contributed by atoms with Crippen LogP contribution in [0.1, 0.15) is 51.4 Å². The van der Waals surface area contributed by atoms with E-state index in [-0.39, 0.29) is 23.2 Å². The summed E-state index contributed by atoms with van der Waals surface area (Å²) in [6.07, 6.45) is 8.33. The second-order valence-electron chi connectivity index (χ2n) is 9.84. The van der Waals surface area contributed by atoms with E-state index in [0.717, 1.165) is 43.0 Å². The molecule has 0 amide bonds. The minimum absolute atomic E-state index is 0.0479. The van der Waals surface area contributed by atoms with Gasteiger partial charge in [-0.1, -0.05) is 21.5 Å². The molecule has 4 unspecified atom stereocenters. The molecule has 0 heterocycles. The molecule has 31 heavy (non-hydrogen) atoms. The van der Waals surface area contributed by atoms with E-state index in [9.17, 15) is 18.3 Å². The van der Waals surface area contributed by atoms with E-state index < -0.39 is 21.6 Å². The lowest BCUT2D eigenvalue weighted by Gasteiger charge is -2.54. The Labute approximate surface area is 192 Å². The third kappa shape index (κ3) is 3.75. The summed E-state index contributed by atoms with van der Waals surface area (Å²) in [4.78, 5) is 12.0. The molecule has 3 fully saturated rings. The smallest absolute Gasteiger partial charge is 0.296 e. The number of hydrogen-bond donors (Lipinski definition) is 1. The monoisotopic (exact) mass is 508 g/mol. The van der Waals surface area contributed by atoms with Crippen LogP contribution in [0.5, 0.6) is 0 Å². The third-order valence-corrected chi connectivity index (χ3v) is 10.4. The van der Waals surface area contributed by atoms with Gasteiger partial charge in [-0.05, 0) is 99.0 Å². The normalized spacial score (nSPS) is 37.5. The number of hydrogen-bond acceptors (Lipinski definition) is 5. The fourth-order valence-corrected chi connectivity index (χ4v) is 8.34. The zero-order valence-corrected chi connectivity index (χ0v) is 19.9. The van der Waals surface area contributed by atoms with Crippen LogP contribution in [0.25, 0.3) is 0 Å². The van der Waals surface area contributed by atoms with E-state index in [1.165, 1.54) is 17.7 Å². The van der Waals surface area contributed by atoms with Crippen LogP contribution in [0.2, 0.25) is 0 Å². The van der Waals surface area contributed by atoms with Crippen molar-refractivity contribution in [1.29, 1.82) is 0 Å². The Balaban J connectivity index is 1.37. The van der Waals surface area contributed by atoms with Crippen LogP contribution >= 0.6 is 15.9 Å². The minimum atomic E-state index is -3.88. The van der Waals surface area contributed by atoms with Crippen LogP contribution in [0.3, 0.4) is 0 Å². The number of benzene rings is 1. The molecule has 4 aliphatic rings. The molecule has 1 N–H and O–H groups in total. The Morgan fingerprint density at radius 1 is 1.03 bits per heavy atom. The largest absolute Gasteiger partial charge is 0.392 e. The van der Waals surface area contributed by atoms with Gasteiger partial charge >= 0.3 is 0 Å². The van der Waals surface area contributed by atoms with Crippen molar-refractivity contribution in [3.8, 4) is 0 Å². The summed E-state index contributed by atoms with van der Waals surface area (Å²) in [6.45, 7) is 0.0479. The van der Waals surface area contributed by atoms with Gasteiger partial charge in [-0.15, -0.1) is 0 Å². The van der Waals surface area contributed by atoms with Crippen molar-refractivity contribution in [3.63, 3.8) is 0 Å². The van der Waals surface area contributed by atoms with Crippen molar-refractivity contribution >= 4 is 31.8 Å². The molecule has 1 aromatic rings. The lowest BCUT2D eigenvalue weighted by atomic mass is 9.52. The topological polar surface area (TPSA) is 80.7 Å². The maximum absolute atomic E-state index is 12.8. The van der Waals surface area contributed by atoms with Crippen LogP contribution in [0, 0.1) is 29.1 Å². The van der Waals surface area contributed by atoms with E-state index in [1.807, 2.05) is 6.08 Å². The summed E-state index contributed by atoms with van der Waals surface area (Å²) in [7, 11) is -3.88. The average Bonchev–Trinajstić information content (AvgIpc) is 3.09. The van der Waals surface area contributed by atoms with Gasteiger partial charge in [-0.3, -0.25) is 8.98 Å². The maximum Gasteiger partial charge on any atom is 0.296 e. The molecular formula is C24H29BrO5S. The number of aliphatic hydroxyl groups is 1. The fourth-order valence-electron chi connectivity index (χ4n) is 7.10. The van der Waals surface area contributed by atoms with E-state index in [1.54, 1.807) is 12.1 Å². The zero-order valence-electron chi connectivity index (χ0n) is 17.5. The first-order chi connectivity index (χ1) is 14.8. The zero-order chi connectivity index (χ0) is 21.8. The van der Waals surface area contributed by atoms with Crippen LogP contribution < -0.4 is 0 Å². The van der Waals surface area contributed by atoms with Crippen molar-refractivity contribution in [1.82, 2.24) is 0 Å². The van der Waals surface area contributed by atoms with Crippen LogP contribution in [-0.2, 0) is 19.1 Å². The number of allylic oxidation sites excluding steroid dienone is 1. The van der Waals surface area contributed by atoms with Crippen molar-refractivity contribution in [3.05, 3.63) is 40.4 Å². The summed E-state index contributed by atoms with van der Waals surface area (Å²) in [5, 5.41) is 11.0. The predicted molar refractivity (Wildman–Crippen MR) is 120 cm³/mol. The number of carbonyl (C=O) groups is 1. The standard InChI is InChI=1S/C24H29BrO5S/c25-16-2-5-18(6-3-16)31(28,29)30-14-24-12-11-20-19-8-4-17(26)13-15(19)1-7-21(20)22(24)9-10-23(24)27/h2-3,5-6,13,19-23,27H,1,4,7-12,14H2/t19?,20?,21?,22?,23-,24+/m0/s1. The molecule has 1 aromatic carbocycles. The van der Waals surface area contributed by atoms with E-state index in [2.05, 4.69) is 15.9 Å². The Kier molecular flexibility index (Phi) is 5.69. The molecule has 168 valence electrons. The number of carbonyl (C=O) groups excluding carboxylic acids is 1. The third-order valence-electron chi connectivity index (χ3n) is 8.56. The number of halogens is 1. The molecule has 0 aromatic heterocycles. The molecule has 5 rings (SSSR count). The SMILES string of the molecule is O=C1C=C2CCC3C(CC[C@@]4(COS(=O)(=O)c5ccc(Br)cc5)C3CC[C@@H]4O)C2CC1. The van der Waals surface area contributed by atoms with Crippen LogP contribution in [0.15, 0.2) is 45.3 Å². The average molecular weight is 509 g/mol. The minimum Gasteiger partial charge on any atom is -0.392 e. The van der Waals surface area contributed by atoms with Gasteiger partial charge in [0.2, 0.25) is 0 Å². The molecule has 7 heteroatoms. The molecule has 3 saturated carbocycles. The molecule has 6 atom stereocenters. The first-order valence-corrected chi connectivity index (χ1v) is 13.6. The number of ketones is 1. The highest BCUT2D eigenvalue weighted by Gasteiger charge is 2.58. The van der Waals surface area contributed by atoms with Crippen LogP contribution in [-0.4, -0.2) is 32.0 Å². The molecule has 0 bridgehead atoms. The first kappa shape index (κ1) is 21.8. The molecular weight excluding hydrogens is 480 g/mol. The molecule has 0 radical (unpaired) electrons. The molecule has 4 aliphatic carbocycles. The Hall–Kier alpha value is -1.02. The van der Waals surface area contributed by atoms with Crippen molar-refractivity contribution < 1.29 is 22.5 Å². The van der Waals surface area contributed by atoms with Crippen molar-refractivity contribution in [2.75, 3.05) is 6.61 Å². The van der Waals surface area contributed by atoms with Gasteiger partial charge in [0.25, 0.3) is 10.1 Å². The Bertz CT molecular complexity index is 1000. The number of rotatable bonds is 4. The van der Waals surface area contributed by atoms with E-state index >= 15 is 0 Å². The summed E-state index contributed by atoms with van der Waals surface area (Å²) >= 11 is 3.33. The van der Waals surface area contributed by atoms with Crippen molar-refractivity contribution in [2.45, 2.75) is 62.4 Å². The summed E-state index contributed by atoms with van der Waals surface area (Å²) in [5.74, 6) is 2.04. The van der Waals surface area contributed by atoms with Gasteiger partial charge in [0.05, 0.1) is 17.6 Å². The lowest BCUT2D eigenvalue weighted by molar-refractivity contribution is -0.116. The van der Waals surface area contributed by atoms with Gasteiger partial charge in [-0.2, -0.15) is 8.42 Å². The maximum atomic E-state index is 12.8. The second kappa shape index (κ2) is 8.08. The summed E-state index contributed by atoms with van der Waals surface area (Å²) in [5.41, 5.74) is 0.840. The second-order valence-corrected chi connectivity index (χ2v) is 12.4. The highest BCUT2D eigenvalue weighted by Crippen LogP contribution is 2.62. The molecule has 0 saturated heterocycles. The van der Waals surface area contributed by atoms with Crippen LogP contribution in [0.4, 0.5) is 0 Å². The quantitative estimate of drug-likeness (QED) is 0.599. The van der Waals surface area contributed by atoms with E-state index in [4.69, 9.17) is 4.18 Å². The first-order valence-electron chi connectivity index (χ1n) is 11.4. The Morgan fingerprint density at radius 3 is 2.58 bits per heavy atom. The number of aliphatic hydroxyl groups excluding tert-OH is 1. The lowest BCUT2D eigenvalue weighted by Crippen LogP contribution is -2.51.